The number of aromatic nitrogens is 1. The summed E-state index contributed by atoms with van der Waals surface area (Å²) in [6.45, 7) is 3.79. The fraction of sp³-hybridized carbons (Fsp3) is 0.300. The fourth-order valence-electron chi connectivity index (χ4n) is 3.55. The summed E-state index contributed by atoms with van der Waals surface area (Å²) in [6, 6.07) is 12.0. The van der Waals surface area contributed by atoms with E-state index in [1.54, 1.807) is 13.0 Å². The van der Waals surface area contributed by atoms with E-state index in [0.29, 0.717) is 18.0 Å². The van der Waals surface area contributed by atoms with E-state index in [-0.39, 0.29) is 11.9 Å². The number of nitrogens with zero attached hydrogens (tertiary/aromatic N) is 1. The van der Waals surface area contributed by atoms with E-state index in [9.17, 15) is 4.79 Å². The van der Waals surface area contributed by atoms with E-state index in [1.807, 2.05) is 6.92 Å². The van der Waals surface area contributed by atoms with Crippen molar-refractivity contribution in [1.82, 2.24) is 5.16 Å². The highest BCUT2D eigenvalue weighted by Crippen LogP contribution is 2.35. The van der Waals surface area contributed by atoms with Crippen molar-refractivity contribution in [2.24, 2.45) is 0 Å². The number of carbonyl (C=O) groups excluding carboxylic acids is 1. The number of carbonyl (C=O) groups is 1. The van der Waals surface area contributed by atoms with Crippen LogP contribution in [0.5, 0.6) is 0 Å². The fourth-order valence-corrected chi connectivity index (χ4v) is 3.55. The Morgan fingerprint density at radius 2 is 2.04 bits per heavy atom. The zero-order chi connectivity index (χ0) is 17.4. The van der Waals surface area contributed by atoms with Crippen LogP contribution in [0.3, 0.4) is 0 Å². The van der Waals surface area contributed by atoms with Crippen molar-refractivity contribution in [2.75, 3.05) is 10.6 Å². The van der Waals surface area contributed by atoms with Gasteiger partial charge in [0.1, 0.15) is 11.8 Å². The van der Waals surface area contributed by atoms with Gasteiger partial charge in [-0.25, -0.2) is 0 Å². The predicted molar refractivity (Wildman–Crippen MR) is 98.9 cm³/mol. The Bertz CT molecular complexity index is 935. The Hall–Kier alpha value is -2.82. The molecule has 4 rings (SSSR count). The lowest BCUT2D eigenvalue weighted by Crippen LogP contribution is -2.34. The average Bonchev–Trinajstić information content (AvgIpc) is 3.22. The topological polar surface area (TPSA) is 67.2 Å². The quantitative estimate of drug-likeness (QED) is 0.738. The molecule has 1 aliphatic rings. The first-order valence-corrected chi connectivity index (χ1v) is 8.70. The first-order chi connectivity index (χ1) is 12.2. The van der Waals surface area contributed by atoms with Crippen LogP contribution in [0.25, 0.3) is 10.8 Å². The average molecular weight is 335 g/mol. The molecule has 3 aromatic rings. The van der Waals surface area contributed by atoms with Gasteiger partial charge in [-0.05, 0) is 48.8 Å². The number of anilines is 2. The van der Waals surface area contributed by atoms with E-state index >= 15 is 0 Å². The molecular formula is C20H21N3O2. The van der Waals surface area contributed by atoms with E-state index < -0.39 is 0 Å². The van der Waals surface area contributed by atoms with Crippen LogP contribution in [0.4, 0.5) is 11.5 Å². The van der Waals surface area contributed by atoms with Gasteiger partial charge in [0.15, 0.2) is 5.82 Å². The zero-order valence-electron chi connectivity index (χ0n) is 14.4. The first-order valence-electron chi connectivity index (χ1n) is 8.70. The highest BCUT2D eigenvalue weighted by molar-refractivity contribution is 6.02. The van der Waals surface area contributed by atoms with E-state index in [2.05, 4.69) is 46.1 Å². The molecular weight excluding hydrogens is 314 g/mol. The minimum atomic E-state index is -0.338. The van der Waals surface area contributed by atoms with Crippen LogP contribution < -0.4 is 10.6 Å². The Morgan fingerprint density at radius 1 is 1.24 bits per heavy atom. The maximum absolute atomic E-state index is 12.6. The van der Waals surface area contributed by atoms with Crippen molar-refractivity contribution < 1.29 is 9.32 Å². The van der Waals surface area contributed by atoms with Gasteiger partial charge >= 0.3 is 0 Å². The molecule has 0 radical (unpaired) electrons. The van der Waals surface area contributed by atoms with Crippen LogP contribution in [-0.4, -0.2) is 17.1 Å². The van der Waals surface area contributed by atoms with Crippen LogP contribution >= 0.6 is 0 Å². The second kappa shape index (κ2) is 6.24. The molecule has 1 atom stereocenters. The highest BCUT2D eigenvalue weighted by Gasteiger charge is 2.21. The second-order valence-corrected chi connectivity index (χ2v) is 6.53. The van der Waals surface area contributed by atoms with Crippen molar-refractivity contribution in [3.8, 4) is 0 Å². The molecule has 1 aliphatic carbocycles. The third kappa shape index (κ3) is 2.86. The number of amides is 1. The molecule has 1 heterocycles. The second-order valence-electron chi connectivity index (χ2n) is 6.53. The summed E-state index contributed by atoms with van der Waals surface area (Å²) >= 11 is 0. The molecule has 5 heteroatoms. The Balaban J connectivity index is 1.60. The summed E-state index contributed by atoms with van der Waals surface area (Å²) in [5.41, 5.74) is 3.79. The molecule has 0 saturated heterocycles. The molecule has 0 spiro atoms. The van der Waals surface area contributed by atoms with Gasteiger partial charge in [-0.2, -0.15) is 0 Å². The van der Waals surface area contributed by atoms with Gasteiger partial charge in [-0.1, -0.05) is 36.3 Å². The molecule has 0 saturated carbocycles. The van der Waals surface area contributed by atoms with Crippen LogP contribution in [0.2, 0.25) is 0 Å². The number of benzene rings is 2. The molecule has 0 bridgehead atoms. The first kappa shape index (κ1) is 15.7. The molecule has 1 aromatic heterocycles. The van der Waals surface area contributed by atoms with Gasteiger partial charge in [-0.3, -0.25) is 4.79 Å². The molecule has 0 aliphatic heterocycles. The Kier molecular flexibility index (Phi) is 3.92. The Labute approximate surface area is 146 Å². The Morgan fingerprint density at radius 3 is 2.76 bits per heavy atom. The predicted octanol–water partition coefficient (Wildman–Crippen LogP) is 4.06. The van der Waals surface area contributed by atoms with Crippen molar-refractivity contribution in [1.29, 1.82) is 0 Å². The van der Waals surface area contributed by atoms with E-state index in [4.69, 9.17) is 4.52 Å². The van der Waals surface area contributed by atoms with Gasteiger partial charge in [0.25, 0.3) is 0 Å². The van der Waals surface area contributed by atoms with Crippen molar-refractivity contribution >= 4 is 28.2 Å². The number of aryl methyl sites for hydroxylation is 3. The largest absolute Gasteiger partial charge is 0.373 e. The van der Waals surface area contributed by atoms with Gasteiger partial charge in [-0.15, -0.1) is 0 Å². The maximum atomic E-state index is 12.6. The summed E-state index contributed by atoms with van der Waals surface area (Å²) in [5.74, 6) is 1.01. The van der Waals surface area contributed by atoms with Gasteiger partial charge in [0.2, 0.25) is 5.91 Å². The lowest BCUT2D eigenvalue weighted by molar-refractivity contribution is -0.117. The van der Waals surface area contributed by atoms with Crippen molar-refractivity contribution in [2.45, 2.75) is 39.2 Å². The smallest absolute Gasteiger partial charge is 0.248 e. The molecule has 0 fully saturated rings. The summed E-state index contributed by atoms with van der Waals surface area (Å²) in [7, 11) is 0. The molecule has 25 heavy (non-hydrogen) atoms. The SMILES string of the molecule is CCC(Nc1ccc2c3c(cccc13)CC2)C(=O)Nc1cc(C)on1. The third-order valence-corrected chi connectivity index (χ3v) is 4.81. The molecule has 5 nitrogen and oxygen atoms in total. The third-order valence-electron chi connectivity index (χ3n) is 4.81. The number of rotatable bonds is 5. The van der Waals surface area contributed by atoms with E-state index in [0.717, 1.165) is 18.5 Å². The minimum Gasteiger partial charge on any atom is -0.373 e. The molecule has 2 N–H and O–H groups in total. The molecule has 1 amide bonds. The molecule has 1 unspecified atom stereocenters. The summed E-state index contributed by atoms with van der Waals surface area (Å²) in [5, 5.41) is 12.6. The minimum absolute atomic E-state index is 0.112. The van der Waals surface area contributed by atoms with Crippen LogP contribution in [0.15, 0.2) is 40.9 Å². The number of hydrogen-bond acceptors (Lipinski definition) is 4. The summed E-state index contributed by atoms with van der Waals surface area (Å²) in [6.07, 6.45) is 2.87. The summed E-state index contributed by atoms with van der Waals surface area (Å²) < 4.78 is 5.00. The van der Waals surface area contributed by atoms with Crippen molar-refractivity contribution in [3.05, 3.63) is 53.3 Å². The van der Waals surface area contributed by atoms with Gasteiger partial charge in [0.05, 0.1) is 0 Å². The standard InChI is InChI=1S/C20H21N3O2/c1-3-16(20(24)22-18-11-12(2)25-23-18)21-17-10-9-14-8-7-13-5-4-6-15(17)19(13)14/h4-6,9-11,16,21H,3,7-8H2,1-2H3,(H,22,23,24). The summed E-state index contributed by atoms with van der Waals surface area (Å²) in [4.78, 5) is 12.6. The van der Waals surface area contributed by atoms with Crippen LogP contribution in [0.1, 0.15) is 30.2 Å². The monoisotopic (exact) mass is 335 g/mol. The van der Waals surface area contributed by atoms with E-state index in [1.165, 1.54) is 21.9 Å². The van der Waals surface area contributed by atoms with Crippen LogP contribution in [0, 0.1) is 6.92 Å². The molecule has 128 valence electrons. The number of hydrogen-bond donors (Lipinski definition) is 2. The highest BCUT2D eigenvalue weighted by atomic mass is 16.5. The maximum Gasteiger partial charge on any atom is 0.248 e. The lowest BCUT2D eigenvalue weighted by atomic mass is 10.0. The number of nitrogens with one attached hydrogen (secondary N) is 2. The van der Waals surface area contributed by atoms with Gasteiger partial charge in [0, 0.05) is 17.1 Å². The van der Waals surface area contributed by atoms with Crippen LogP contribution in [-0.2, 0) is 17.6 Å². The molecule has 2 aromatic carbocycles. The van der Waals surface area contributed by atoms with Crippen molar-refractivity contribution in [3.63, 3.8) is 0 Å². The lowest BCUT2D eigenvalue weighted by Gasteiger charge is -2.19. The van der Waals surface area contributed by atoms with Gasteiger partial charge < -0.3 is 15.2 Å². The normalized spacial score (nSPS) is 13.8. The zero-order valence-corrected chi connectivity index (χ0v) is 14.4.